The van der Waals surface area contributed by atoms with Gasteiger partial charge < -0.3 is 7.59 Å². The third kappa shape index (κ3) is 14.6. The number of para-hydroxylation sites is 1. The molecule has 0 saturated carbocycles. The summed E-state index contributed by atoms with van der Waals surface area (Å²) in [5, 5.41) is 0. The van der Waals surface area contributed by atoms with E-state index in [9.17, 15) is 13.0 Å². The van der Waals surface area contributed by atoms with E-state index in [1.165, 1.54) is 38.5 Å². The van der Waals surface area contributed by atoms with E-state index in [4.69, 9.17) is 4.74 Å². The van der Waals surface area contributed by atoms with Crippen LogP contribution in [-0.2, 0) is 10.1 Å². The molecule has 136 valence electrons. The van der Waals surface area contributed by atoms with Crippen molar-refractivity contribution in [2.75, 3.05) is 0 Å². The first-order valence-corrected chi connectivity index (χ1v) is 10.2. The van der Waals surface area contributed by atoms with E-state index >= 15 is 0 Å². The third-order valence-electron chi connectivity index (χ3n) is 3.89. The minimum absolute atomic E-state index is 0. The van der Waals surface area contributed by atoms with E-state index in [1.807, 2.05) is 6.07 Å². The zero-order valence-corrected chi connectivity index (χ0v) is 20.9. The van der Waals surface area contributed by atoms with Gasteiger partial charge in [0.1, 0.15) is 5.75 Å². The Balaban J connectivity index is -0.000000661. The molecule has 0 aromatic heterocycles. The van der Waals surface area contributed by atoms with Crippen LogP contribution in [0.3, 0.4) is 0 Å². The number of benzene rings is 1. The monoisotopic (exact) mass is 390 g/mol. The van der Waals surface area contributed by atoms with Crippen LogP contribution in [0, 0.1) is 0 Å². The first kappa shape index (κ1) is 28.1. The molecule has 0 aliphatic carbocycles. The minimum atomic E-state index is -4.19. The van der Waals surface area contributed by atoms with E-state index in [2.05, 4.69) is 6.92 Å². The predicted octanol–water partition coefficient (Wildman–Crippen LogP) is -0.567. The molecule has 1 unspecified atom stereocenters. The summed E-state index contributed by atoms with van der Waals surface area (Å²) in [7, 11) is -4.19. The molecular formula is C18H32Na2O4S. The van der Waals surface area contributed by atoms with Crippen LogP contribution in [0.15, 0.2) is 30.3 Å². The fraction of sp³-hybridized carbons (Fsp3) is 0.667. The molecule has 0 fully saturated rings. The van der Waals surface area contributed by atoms with E-state index in [0.717, 1.165) is 19.3 Å². The number of hydrogen-bond donors (Lipinski definition) is 1. The van der Waals surface area contributed by atoms with Crippen LogP contribution in [0.25, 0.3) is 0 Å². The van der Waals surface area contributed by atoms with Gasteiger partial charge in [0, 0.05) is 6.42 Å². The maximum absolute atomic E-state index is 11.4. The molecule has 0 bridgehead atoms. The molecule has 1 aromatic carbocycles. The smallest absolute Gasteiger partial charge is 1.00 e. The molecule has 0 aliphatic heterocycles. The Hall–Kier alpha value is 0.930. The summed E-state index contributed by atoms with van der Waals surface area (Å²) >= 11 is 0. The standard InChI is InChI=1S/C18H30O4S.2Na.2H/c1-2-3-4-5-6-7-8-9-13-16-18(23(19,20)21)22-17-14-11-10-12-15-17;;;;/h10-12,14-15,18H,2-9,13,16H2,1H3,(H,19,20,21);;;;/q;2*+1;2*-1. The summed E-state index contributed by atoms with van der Waals surface area (Å²) in [4.78, 5) is 0. The van der Waals surface area contributed by atoms with Gasteiger partial charge >= 0.3 is 69.2 Å². The Morgan fingerprint density at radius 3 is 1.88 bits per heavy atom. The quantitative estimate of drug-likeness (QED) is 0.278. The molecular weight excluding hydrogens is 358 g/mol. The summed E-state index contributed by atoms with van der Waals surface area (Å²) in [5.74, 6) is 0.464. The second-order valence-corrected chi connectivity index (χ2v) is 7.55. The van der Waals surface area contributed by atoms with E-state index in [0.29, 0.717) is 12.2 Å². The SMILES string of the molecule is CCCCCCCCCCCC(Oc1ccccc1)S(=O)(=O)O.[H-].[H-].[Na+].[Na+]. The van der Waals surface area contributed by atoms with Crippen molar-refractivity contribution in [1.82, 2.24) is 0 Å². The summed E-state index contributed by atoms with van der Waals surface area (Å²) in [5.41, 5.74) is -1.17. The second kappa shape index (κ2) is 17.1. The summed E-state index contributed by atoms with van der Waals surface area (Å²) in [6, 6.07) is 8.75. The van der Waals surface area contributed by atoms with Crippen LogP contribution < -0.4 is 63.9 Å². The van der Waals surface area contributed by atoms with Gasteiger partial charge in [0.25, 0.3) is 0 Å². The van der Waals surface area contributed by atoms with Crippen molar-refractivity contribution in [3.63, 3.8) is 0 Å². The van der Waals surface area contributed by atoms with Gasteiger partial charge in [-0.1, -0.05) is 76.5 Å². The van der Waals surface area contributed by atoms with Crippen LogP contribution in [0.5, 0.6) is 5.75 Å². The Kier molecular flexibility index (Phi) is 19.2. The van der Waals surface area contributed by atoms with E-state index in [1.54, 1.807) is 24.3 Å². The van der Waals surface area contributed by atoms with Crippen molar-refractivity contribution in [2.45, 2.75) is 76.6 Å². The molecule has 0 spiro atoms. The third-order valence-corrected chi connectivity index (χ3v) is 4.88. The van der Waals surface area contributed by atoms with Crippen molar-refractivity contribution >= 4 is 10.1 Å². The topological polar surface area (TPSA) is 63.6 Å². The Bertz CT molecular complexity index is 519. The number of unbranched alkanes of at least 4 members (excludes halogenated alkanes) is 8. The van der Waals surface area contributed by atoms with Gasteiger partial charge in [0.2, 0.25) is 5.44 Å². The van der Waals surface area contributed by atoms with Gasteiger partial charge in [-0.05, 0) is 18.6 Å². The van der Waals surface area contributed by atoms with E-state index in [-0.39, 0.29) is 62.0 Å². The average Bonchev–Trinajstić information content (AvgIpc) is 2.52. The van der Waals surface area contributed by atoms with Crippen LogP contribution in [0.2, 0.25) is 0 Å². The second-order valence-electron chi connectivity index (χ2n) is 5.99. The van der Waals surface area contributed by atoms with Crippen LogP contribution in [-0.4, -0.2) is 18.4 Å². The first-order chi connectivity index (χ1) is 11.0. The number of ether oxygens (including phenoxy) is 1. The van der Waals surface area contributed by atoms with Gasteiger partial charge in [-0.2, -0.15) is 8.42 Å². The molecule has 1 atom stereocenters. The van der Waals surface area contributed by atoms with Crippen molar-refractivity contribution in [3.8, 4) is 5.75 Å². The summed E-state index contributed by atoms with van der Waals surface area (Å²) in [6.45, 7) is 2.21. The van der Waals surface area contributed by atoms with Crippen molar-refractivity contribution in [1.29, 1.82) is 0 Å². The van der Waals surface area contributed by atoms with Crippen LogP contribution >= 0.6 is 0 Å². The summed E-state index contributed by atoms with van der Waals surface area (Å²) < 4.78 is 37.6. The van der Waals surface area contributed by atoms with Gasteiger partial charge in [0.15, 0.2) is 0 Å². The van der Waals surface area contributed by atoms with Gasteiger partial charge in [0.05, 0.1) is 0 Å². The van der Waals surface area contributed by atoms with Gasteiger partial charge in [-0.25, -0.2) is 0 Å². The van der Waals surface area contributed by atoms with E-state index < -0.39 is 15.6 Å². The molecule has 0 amide bonds. The summed E-state index contributed by atoms with van der Waals surface area (Å²) in [6.07, 6.45) is 10.8. The minimum Gasteiger partial charge on any atom is -1.00 e. The molecule has 1 aromatic rings. The Morgan fingerprint density at radius 1 is 0.920 bits per heavy atom. The molecule has 1 rings (SSSR count). The fourth-order valence-electron chi connectivity index (χ4n) is 2.54. The fourth-order valence-corrected chi connectivity index (χ4v) is 3.24. The zero-order valence-electron chi connectivity index (χ0n) is 18.1. The van der Waals surface area contributed by atoms with Crippen molar-refractivity contribution in [2.24, 2.45) is 0 Å². The zero-order chi connectivity index (χ0) is 17.0. The molecule has 7 heteroatoms. The predicted molar refractivity (Wildman–Crippen MR) is 96.5 cm³/mol. The van der Waals surface area contributed by atoms with Crippen molar-refractivity contribution in [3.05, 3.63) is 30.3 Å². The molecule has 25 heavy (non-hydrogen) atoms. The average molecular weight is 390 g/mol. The molecule has 4 nitrogen and oxygen atoms in total. The van der Waals surface area contributed by atoms with Gasteiger partial charge in [-0.15, -0.1) is 0 Å². The van der Waals surface area contributed by atoms with Gasteiger partial charge in [-0.3, -0.25) is 4.55 Å². The molecule has 0 heterocycles. The maximum atomic E-state index is 11.4. The molecule has 1 N–H and O–H groups in total. The molecule has 0 aliphatic rings. The van der Waals surface area contributed by atoms with Crippen LogP contribution in [0.1, 0.15) is 74.0 Å². The number of rotatable bonds is 13. The van der Waals surface area contributed by atoms with Crippen LogP contribution in [0.4, 0.5) is 0 Å². The Labute approximate surface area is 200 Å². The van der Waals surface area contributed by atoms with Crippen molar-refractivity contribution < 1.29 is 79.7 Å². The Morgan fingerprint density at radius 2 is 1.40 bits per heavy atom. The normalized spacial score (nSPS) is 11.9. The molecule has 0 radical (unpaired) electrons. The molecule has 0 saturated heterocycles. The maximum Gasteiger partial charge on any atom is 1.00 e. The first-order valence-electron chi connectivity index (χ1n) is 8.72. The number of hydrogen-bond acceptors (Lipinski definition) is 3. The largest absolute Gasteiger partial charge is 1.00 e.